The van der Waals surface area contributed by atoms with Crippen LogP contribution in [-0.4, -0.2) is 44.2 Å². The van der Waals surface area contributed by atoms with Gasteiger partial charge in [-0.2, -0.15) is 0 Å². The number of nitrogens with two attached hydrogens (primary N) is 1. The van der Waals surface area contributed by atoms with Crippen LogP contribution in [0.25, 0.3) is 22.2 Å². The van der Waals surface area contributed by atoms with Crippen molar-refractivity contribution in [1.29, 1.82) is 0 Å². The van der Waals surface area contributed by atoms with E-state index in [9.17, 15) is 4.79 Å². The minimum absolute atomic E-state index is 0.0590. The highest BCUT2D eigenvalue weighted by Gasteiger charge is 2.33. The molecule has 8 heteroatoms. The van der Waals surface area contributed by atoms with Gasteiger partial charge in [-0.05, 0) is 63.9 Å². The van der Waals surface area contributed by atoms with Crippen LogP contribution in [0.15, 0.2) is 60.9 Å². The van der Waals surface area contributed by atoms with E-state index in [1.54, 1.807) is 4.90 Å². The zero-order chi connectivity index (χ0) is 25.4. The predicted molar refractivity (Wildman–Crippen MR) is 140 cm³/mol. The fourth-order valence-electron chi connectivity index (χ4n) is 4.83. The van der Waals surface area contributed by atoms with Gasteiger partial charge in [0.25, 0.3) is 0 Å². The fourth-order valence-corrected chi connectivity index (χ4v) is 4.83. The molecule has 2 N–H and O–H groups in total. The molecule has 1 fully saturated rings. The van der Waals surface area contributed by atoms with Crippen LogP contribution in [-0.2, 0) is 4.74 Å². The van der Waals surface area contributed by atoms with E-state index in [4.69, 9.17) is 15.2 Å². The van der Waals surface area contributed by atoms with Crippen LogP contribution < -0.4 is 10.5 Å². The number of aromatic nitrogens is 3. The largest absolute Gasteiger partial charge is 0.457 e. The first kappa shape index (κ1) is 23.7. The van der Waals surface area contributed by atoms with Crippen LogP contribution in [0.3, 0.4) is 0 Å². The maximum absolute atomic E-state index is 12.7. The lowest BCUT2D eigenvalue weighted by atomic mass is 10.0. The van der Waals surface area contributed by atoms with Crippen molar-refractivity contribution in [2.24, 2.45) is 0 Å². The first-order valence-electron chi connectivity index (χ1n) is 12.1. The van der Waals surface area contributed by atoms with E-state index in [2.05, 4.69) is 21.5 Å². The van der Waals surface area contributed by atoms with Crippen molar-refractivity contribution in [3.63, 3.8) is 0 Å². The van der Waals surface area contributed by atoms with E-state index in [0.717, 1.165) is 45.8 Å². The van der Waals surface area contributed by atoms with Gasteiger partial charge in [0.15, 0.2) is 0 Å². The number of benzene rings is 2. The summed E-state index contributed by atoms with van der Waals surface area (Å²) in [5.41, 5.74) is 9.64. The smallest absolute Gasteiger partial charge is 0.410 e. The first-order valence-corrected chi connectivity index (χ1v) is 12.1. The number of carbonyl (C=O) groups excluding carboxylic acids is 1. The molecule has 1 atom stereocenters. The predicted octanol–water partition coefficient (Wildman–Crippen LogP) is 5.96. The van der Waals surface area contributed by atoms with Gasteiger partial charge in [-0.1, -0.05) is 30.3 Å². The highest BCUT2D eigenvalue weighted by molar-refractivity contribution is 6.02. The van der Waals surface area contributed by atoms with Crippen LogP contribution >= 0.6 is 0 Å². The number of carbonyl (C=O) groups is 1. The summed E-state index contributed by atoms with van der Waals surface area (Å²) in [6.07, 6.45) is 2.01. The molecule has 3 heterocycles. The number of nitrogens with zero attached hydrogens (tertiary/aromatic N) is 4. The molecule has 0 aliphatic carbocycles. The quantitative estimate of drug-likeness (QED) is 0.383. The number of nitrogen functional groups attached to an aromatic ring is 1. The Morgan fingerprint density at radius 2 is 1.72 bits per heavy atom. The Balaban J connectivity index is 1.48. The van der Waals surface area contributed by atoms with Crippen molar-refractivity contribution >= 4 is 22.9 Å². The van der Waals surface area contributed by atoms with Gasteiger partial charge in [0.05, 0.1) is 11.4 Å². The summed E-state index contributed by atoms with van der Waals surface area (Å²) in [7, 11) is 0. The van der Waals surface area contributed by atoms with E-state index < -0.39 is 5.60 Å². The second-order valence-electron chi connectivity index (χ2n) is 10.1. The number of anilines is 1. The Hall–Kier alpha value is -4.07. The minimum Gasteiger partial charge on any atom is -0.457 e. The third-order valence-electron chi connectivity index (χ3n) is 6.36. The van der Waals surface area contributed by atoms with Gasteiger partial charge >= 0.3 is 6.09 Å². The van der Waals surface area contributed by atoms with Gasteiger partial charge in [-0.3, -0.25) is 0 Å². The fraction of sp³-hybridized carbons (Fsp3) is 0.321. The molecule has 1 saturated heterocycles. The van der Waals surface area contributed by atoms with Crippen LogP contribution in [0, 0.1) is 6.92 Å². The molecular weight excluding hydrogens is 454 g/mol. The Morgan fingerprint density at radius 3 is 2.42 bits per heavy atom. The number of hydrogen-bond acceptors (Lipinski definition) is 6. The highest BCUT2D eigenvalue weighted by atomic mass is 16.6. The molecule has 2 aromatic carbocycles. The summed E-state index contributed by atoms with van der Waals surface area (Å²) in [5, 5.41) is 0.822. The normalized spacial score (nSPS) is 15.9. The van der Waals surface area contributed by atoms with Crippen molar-refractivity contribution in [2.75, 3.05) is 18.8 Å². The summed E-state index contributed by atoms with van der Waals surface area (Å²) < 4.78 is 13.7. The van der Waals surface area contributed by atoms with Gasteiger partial charge in [-0.25, -0.2) is 14.8 Å². The lowest BCUT2D eigenvalue weighted by molar-refractivity contribution is 0.0289. The second-order valence-corrected chi connectivity index (χ2v) is 10.1. The topological polar surface area (TPSA) is 95.5 Å². The van der Waals surface area contributed by atoms with Crippen LogP contribution in [0.2, 0.25) is 0 Å². The molecule has 4 aromatic rings. The Morgan fingerprint density at radius 1 is 1.03 bits per heavy atom. The number of fused-ring (bicyclic) bond motifs is 1. The standard InChI is InChI=1S/C28H31N5O3/c1-18-23(19-10-12-22(13-11-19)35-21-8-6-5-7-9-21)24-25(29)30-17-31-26(24)33(18)20-14-15-32(16-20)27(34)36-28(2,3)4/h5-13,17,20H,14-16H2,1-4H3,(H2,29,30,31). The number of para-hydroxylation sites is 1. The van der Waals surface area contributed by atoms with Crippen LogP contribution in [0.1, 0.15) is 38.9 Å². The van der Waals surface area contributed by atoms with Crippen molar-refractivity contribution in [3.05, 3.63) is 66.6 Å². The maximum Gasteiger partial charge on any atom is 0.410 e. The summed E-state index contributed by atoms with van der Waals surface area (Å²) >= 11 is 0. The van der Waals surface area contributed by atoms with Crippen molar-refractivity contribution in [3.8, 4) is 22.6 Å². The van der Waals surface area contributed by atoms with Gasteiger partial charge in [0, 0.05) is 24.3 Å². The zero-order valence-electron chi connectivity index (χ0n) is 21.1. The molecule has 0 saturated carbocycles. The highest BCUT2D eigenvalue weighted by Crippen LogP contribution is 2.40. The third kappa shape index (κ3) is 4.58. The molecule has 36 heavy (non-hydrogen) atoms. The van der Waals surface area contributed by atoms with E-state index in [0.29, 0.717) is 18.9 Å². The second kappa shape index (κ2) is 9.18. The molecule has 1 aliphatic heterocycles. The summed E-state index contributed by atoms with van der Waals surface area (Å²) in [6, 6.07) is 17.7. The summed E-state index contributed by atoms with van der Waals surface area (Å²) in [5.74, 6) is 1.97. The SMILES string of the molecule is Cc1c(-c2ccc(Oc3ccccc3)cc2)c2c(N)ncnc2n1C1CCN(C(=O)OC(C)(C)C)C1. The lowest BCUT2D eigenvalue weighted by Gasteiger charge is -2.24. The molecule has 186 valence electrons. The number of ether oxygens (including phenoxy) is 2. The minimum atomic E-state index is -0.531. The molecule has 1 unspecified atom stereocenters. The molecule has 1 aliphatic rings. The van der Waals surface area contributed by atoms with Gasteiger partial charge in [0.2, 0.25) is 0 Å². The molecule has 1 amide bonds. The third-order valence-corrected chi connectivity index (χ3v) is 6.36. The van der Waals surface area contributed by atoms with Crippen molar-refractivity contribution in [2.45, 2.75) is 45.8 Å². The molecule has 0 bridgehead atoms. The number of amides is 1. The van der Waals surface area contributed by atoms with Crippen LogP contribution in [0.5, 0.6) is 11.5 Å². The van der Waals surface area contributed by atoms with Crippen LogP contribution in [0.4, 0.5) is 10.6 Å². The first-order chi connectivity index (χ1) is 17.2. The molecule has 8 nitrogen and oxygen atoms in total. The van der Waals surface area contributed by atoms with Gasteiger partial charge in [0.1, 0.15) is 34.9 Å². The monoisotopic (exact) mass is 485 g/mol. The summed E-state index contributed by atoms with van der Waals surface area (Å²) in [4.78, 5) is 23.3. The molecular formula is C28H31N5O3. The molecule has 5 rings (SSSR count). The Kier molecular flexibility index (Phi) is 6.04. The van der Waals surface area contributed by atoms with E-state index in [1.807, 2.05) is 75.4 Å². The number of likely N-dealkylation sites (tertiary alicyclic amines) is 1. The molecule has 2 aromatic heterocycles. The van der Waals surface area contributed by atoms with Gasteiger partial charge in [-0.15, -0.1) is 0 Å². The average Bonchev–Trinajstić information content (AvgIpc) is 3.42. The zero-order valence-corrected chi connectivity index (χ0v) is 21.1. The average molecular weight is 486 g/mol. The van der Waals surface area contributed by atoms with E-state index >= 15 is 0 Å². The Labute approximate surface area is 210 Å². The summed E-state index contributed by atoms with van der Waals surface area (Å²) in [6.45, 7) is 8.88. The Bertz CT molecular complexity index is 1390. The lowest BCUT2D eigenvalue weighted by Crippen LogP contribution is -2.35. The van der Waals surface area contributed by atoms with Crippen molar-refractivity contribution in [1.82, 2.24) is 19.4 Å². The van der Waals surface area contributed by atoms with Crippen molar-refractivity contribution < 1.29 is 14.3 Å². The molecule has 0 radical (unpaired) electrons. The number of hydrogen-bond donors (Lipinski definition) is 1. The van der Waals surface area contributed by atoms with E-state index in [1.165, 1.54) is 6.33 Å². The maximum atomic E-state index is 12.7. The molecule has 0 spiro atoms. The van der Waals surface area contributed by atoms with E-state index in [-0.39, 0.29) is 12.1 Å². The van der Waals surface area contributed by atoms with Gasteiger partial charge < -0.3 is 24.7 Å². The number of rotatable bonds is 4.